The van der Waals surface area contributed by atoms with Crippen molar-refractivity contribution in [3.05, 3.63) is 132 Å². The Morgan fingerprint density at radius 3 is 0.591 bits per heavy atom. The number of aliphatic carboxylic acids is 4. The molecule has 28 nitrogen and oxygen atoms in total. The molecule has 66 heavy (non-hydrogen) atoms. The molecule has 0 saturated carbocycles. The van der Waals surface area contributed by atoms with E-state index in [0.29, 0.717) is 0 Å². The molecule has 4 rings (SSSR count). The van der Waals surface area contributed by atoms with E-state index in [4.69, 9.17) is 0 Å². The number of carbonyl (C=O) groups excluding carboxylic acids is 4. The topological polar surface area (TPSA) is 448 Å². The van der Waals surface area contributed by atoms with Gasteiger partial charge in [0.2, 0.25) is 0 Å². The monoisotopic (exact) mass is 1110 g/mol. The predicted octanol–water partition coefficient (Wildman–Crippen LogP) is -10.9. The van der Waals surface area contributed by atoms with Crippen LogP contribution in [0.5, 0.6) is 0 Å². The average Bonchev–Trinajstić information content (AvgIpc) is 3.09. The van der Waals surface area contributed by atoms with Gasteiger partial charge in [-0.05, 0) is 0 Å². The first-order valence-corrected chi connectivity index (χ1v) is 24.2. The number of carbonyl (C=O) groups is 4. The van der Waals surface area contributed by atoms with Gasteiger partial charge >= 0.3 is 56.9 Å². The molecule has 0 saturated heterocycles. The first-order valence-electron chi connectivity index (χ1n) is 16.3. The molecule has 0 aliphatic carbocycles. The number of H-pyrrole nitrogens is 4. The van der Waals surface area contributed by atoms with Crippen molar-refractivity contribution < 1.29 is 90.6 Å². The molecule has 0 spiro atoms. The molecule has 0 aromatic carbocycles. The Morgan fingerprint density at radius 2 is 0.500 bits per heavy atom. The summed E-state index contributed by atoms with van der Waals surface area (Å²) in [6, 6.07) is 4.24. The summed E-state index contributed by atoms with van der Waals surface area (Å²) in [6.45, 7) is -2.24. The molecule has 4 aromatic heterocycles. The second kappa shape index (κ2) is 40.7. The van der Waals surface area contributed by atoms with Crippen molar-refractivity contribution in [3.8, 4) is 0 Å². The minimum Gasteiger partial charge on any atom is -0.548 e. The average molecular weight is 1120 g/mol. The van der Waals surface area contributed by atoms with Gasteiger partial charge in [-0.3, -0.25) is 74.2 Å². The quantitative estimate of drug-likeness (QED) is 0.119. The van der Waals surface area contributed by atoms with Gasteiger partial charge in [0.15, 0.2) is 0 Å². The fraction of sp³-hybridized carbons (Fsp3) is 0.375. The number of nitrogens with zero attached hydrogens (tertiary/aromatic N) is 4. The number of hydrogen-bond donors (Lipinski definition) is 4. The van der Waals surface area contributed by atoms with Crippen molar-refractivity contribution in [2.45, 2.75) is 26.2 Å². The largest absolute Gasteiger partial charge is 2.00 e. The molecule has 0 aliphatic heterocycles. The molecule has 0 amide bonds. The van der Waals surface area contributed by atoms with Crippen LogP contribution in [0.2, 0.25) is 0 Å². The van der Waals surface area contributed by atoms with E-state index >= 15 is 0 Å². The van der Waals surface area contributed by atoms with Gasteiger partial charge in [-0.15, -0.1) is 0 Å². The number of rotatable bonds is 8. The van der Waals surface area contributed by atoms with Crippen LogP contribution in [0.15, 0.2) is 87.4 Å². The van der Waals surface area contributed by atoms with Gasteiger partial charge < -0.3 is 39.6 Å². The van der Waals surface area contributed by atoms with Crippen molar-refractivity contribution in [1.82, 2.24) is 38.2 Å². The number of aromatic amines is 4. The van der Waals surface area contributed by atoms with E-state index in [2.05, 4.69) is 0 Å². The first-order chi connectivity index (χ1) is 29.3. The molecule has 34 heteroatoms. The summed E-state index contributed by atoms with van der Waals surface area (Å²) in [6.07, 6.45) is 17.5. The summed E-state index contributed by atoms with van der Waals surface area (Å²) in [5, 5.41) is 40.2. The zero-order valence-electron chi connectivity index (χ0n) is 35.6. The van der Waals surface area contributed by atoms with Gasteiger partial charge in [-0.25, -0.2) is 19.2 Å². The third-order valence-electron chi connectivity index (χ3n) is 4.79. The maximum absolute atomic E-state index is 10.8. The third-order valence-corrected chi connectivity index (χ3v) is 4.79. The summed E-state index contributed by atoms with van der Waals surface area (Å²) < 4.78 is 41.5. The van der Waals surface area contributed by atoms with Crippen LogP contribution in [-0.2, 0) is 123 Å². The molecule has 0 bridgehead atoms. The van der Waals surface area contributed by atoms with Crippen molar-refractivity contribution in [1.29, 1.82) is 0 Å². The van der Waals surface area contributed by atoms with Crippen LogP contribution in [0.1, 0.15) is 0 Å². The molecule has 0 fully saturated rings. The van der Waals surface area contributed by atoms with E-state index in [0.717, 1.165) is 67.3 Å². The standard InChI is InChI=1S/4C6H6N2O4.4C2H6OS.2Cu/c4*9-4-1-2-8(3-5(10)11)6(12)7-4;4*1-4(2)3;;/h4*1-2H,3H2,(H,10,11)(H,7,9,12);4*1-2H3;;/q;;;;;;;;2*+2/p-4. The molecule has 0 aliphatic rings. The molecular formula is C32H44Cu2N8O20S4. The molecule has 4 heterocycles. The summed E-state index contributed by atoms with van der Waals surface area (Å²) in [5.74, 6) is -5.54. The minimum absolute atomic E-state index is 0. The Kier molecular flexibility index (Phi) is 44.3. The fourth-order valence-electron chi connectivity index (χ4n) is 2.83. The third kappa shape index (κ3) is 49.3. The van der Waals surface area contributed by atoms with Gasteiger partial charge in [0, 0.05) is 142 Å². The van der Waals surface area contributed by atoms with Crippen molar-refractivity contribution >= 4 is 67.1 Å². The number of nitrogens with one attached hydrogen (secondary N) is 4. The van der Waals surface area contributed by atoms with E-state index < -0.39 is 138 Å². The number of carboxylic acids is 4. The molecule has 378 valence electrons. The van der Waals surface area contributed by atoms with Gasteiger partial charge in [-0.1, -0.05) is 0 Å². The second-order valence-electron chi connectivity index (χ2n) is 11.4. The Morgan fingerprint density at radius 1 is 0.379 bits per heavy atom. The summed E-state index contributed by atoms with van der Waals surface area (Å²) in [5.41, 5.74) is -5.27. The fourth-order valence-corrected chi connectivity index (χ4v) is 2.83. The van der Waals surface area contributed by atoms with Gasteiger partial charge in [0.25, 0.3) is 22.2 Å². The summed E-state index contributed by atoms with van der Waals surface area (Å²) in [7, 11) is -2.44. The number of carboxylic acid groups (broad SMARTS) is 4. The maximum Gasteiger partial charge on any atom is 2.00 e. The van der Waals surface area contributed by atoms with Crippen LogP contribution in [-0.4, -0.2) is 129 Å². The van der Waals surface area contributed by atoms with Crippen molar-refractivity contribution in [2.75, 3.05) is 50.0 Å². The van der Waals surface area contributed by atoms with Crippen LogP contribution in [0.3, 0.4) is 0 Å². The normalized spacial score (nSPS) is 9.15. The molecule has 0 unspecified atom stereocenters. The Hall–Kier alpha value is -5.76. The number of hydrogen-bond acceptors (Lipinski definition) is 20. The van der Waals surface area contributed by atoms with Crippen LogP contribution < -0.4 is 65.4 Å². The minimum atomic E-state index is -1.39. The van der Waals surface area contributed by atoms with Crippen LogP contribution >= 0.6 is 0 Å². The summed E-state index contributed by atoms with van der Waals surface area (Å²) >= 11 is 0. The SMILES string of the molecule is CS(C)=O.CS(C)=O.CS(C)=O.CS(C)=O.O=C([O-])Cn1ccc(=O)[nH]c1=O.O=C([O-])Cn1ccc(=O)[nH]c1=O.O=C([O-])Cn1ccc(=O)[nH]c1=O.O=C([O-])Cn1ccc(=O)[nH]c1=O.[Cu+2].[Cu+2]. The van der Waals surface area contributed by atoms with Crippen LogP contribution in [0.4, 0.5) is 0 Å². The van der Waals surface area contributed by atoms with E-state index in [9.17, 15) is 94.8 Å². The predicted molar refractivity (Wildman–Crippen MR) is 225 cm³/mol. The summed E-state index contributed by atoms with van der Waals surface area (Å²) in [4.78, 5) is 133. The molecular weight excluding hydrogens is 1070 g/mol. The molecule has 4 N–H and O–H groups in total. The zero-order valence-corrected chi connectivity index (χ0v) is 40.8. The van der Waals surface area contributed by atoms with E-state index in [1.54, 1.807) is 50.0 Å². The van der Waals surface area contributed by atoms with Gasteiger partial charge in [-0.2, -0.15) is 0 Å². The molecule has 0 atom stereocenters. The van der Waals surface area contributed by atoms with Crippen LogP contribution in [0, 0.1) is 0 Å². The van der Waals surface area contributed by atoms with Crippen molar-refractivity contribution in [2.24, 2.45) is 0 Å². The van der Waals surface area contributed by atoms with Crippen molar-refractivity contribution in [3.63, 3.8) is 0 Å². The van der Waals surface area contributed by atoms with Gasteiger partial charge in [0.1, 0.15) is 0 Å². The Labute approximate surface area is 402 Å². The number of aromatic nitrogens is 8. The van der Waals surface area contributed by atoms with Gasteiger partial charge in [0.05, 0.1) is 50.1 Å². The van der Waals surface area contributed by atoms with E-state index in [-0.39, 0.29) is 34.1 Å². The molecule has 4 aromatic rings. The smallest absolute Gasteiger partial charge is 0.548 e. The zero-order chi connectivity index (χ0) is 50.9. The molecule has 2 radical (unpaired) electrons. The van der Waals surface area contributed by atoms with Crippen LogP contribution in [0.25, 0.3) is 0 Å². The Bertz CT molecular complexity index is 2320. The maximum atomic E-state index is 10.8. The first kappa shape index (κ1) is 71.9. The second-order valence-corrected chi connectivity index (χ2v) is 17.3. The Balaban J connectivity index is -0.000000162. The van der Waals surface area contributed by atoms with E-state index in [1.807, 2.05) is 19.9 Å². The van der Waals surface area contributed by atoms with E-state index in [1.165, 1.54) is 0 Å².